The number of nitrogens with zero attached hydrogens (tertiary/aromatic N) is 2. The molecule has 1 aromatic heterocycles. The van der Waals surface area contributed by atoms with Gasteiger partial charge in [0, 0.05) is 53.2 Å². The molecule has 3 rings (SSSR count). The molecule has 3 aromatic rings. The predicted molar refractivity (Wildman–Crippen MR) is 143 cm³/mol. The van der Waals surface area contributed by atoms with Crippen LogP contribution in [0, 0.1) is 10.1 Å². The van der Waals surface area contributed by atoms with E-state index in [1.165, 1.54) is 41.8 Å². The number of nitro groups is 1. The molecule has 2 N–H and O–H groups in total. The molecule has 8 nitrogen and oxygen atoms in total. The molecule has 2 aromatic carbocycles. The number of halogens is 3. The molecule has 0 saturated heterocycles. The minimum absolute atomic E-state index is 0.0850. The lowest BCUT2D eigenvalue weighted by molar-refractivity contribution is -0.380. The molecule has 0 radical (unpaired) electrons. The number of benzene rings is 2. The summed E-state index contributed by atoms with van der Waals surface area (Å²) >= 11 is 19.0. The van der Waals surface area contributed by atoms with Crippen molar-refractivity contribution in [2.45, 2.75) is 11.7 Å². The standard InChI is InChI=1S/C22H22Cl3N3O5S2/c23-8-10-27(11-9-24)17-2-4-18(5-3-17)33-35(31,32)21(19-6-1-16(26)14-20(19)25)13-15-7-12-34-22(15)28(29)30/h1-7,12,14,21H,8-11,13,26H2. The molecule has 0 fully saturated rings. The average Bonchev–Trinajstić information content (AvgIpc) is 3.27. The lowest BCUT2D eigenvalue weighted by Gasteiger charge is -2.23. The maximum absolute atomic E-state index is 13.4. The van der Waals surface area contributed by atoms with Crippen LogP contribution in [-0.4, -0.2) is 38.2 Å². The Balaban J connectivity index is 1.94. The predicted octanol–water partition coefficient (Wildman–Crippen LogP) is 5.87. The summed E-state index contributed by atoms with van der Waals surface area (Å²) in [6, 6.07) is 12.4. The van der Waals surface area contributed by atoms with Crippen LogP contribution in [0.4, 0.5) is 16.4 Å². The molecule has 0 bridgehead atoms. The van der Waals surface area contributed by atoms with E-state index in [1.54, 1.807) is 12.1 Å². The van der Waals surface area contributed by atoms with Gasteiger partial charge in [0.05, 0.1) is 4.92 Å². The fourth-order valence-electron chi connectivity index (χ4n) is 3.49. The maximum atomic E-state index is 13.4. The van der Waals surface area contributed by atoms with Crippen molar-refractivity contribution < 1.29 is 17.5 Å². The summed E-state index contributed by atoms with van der Waals surface area (Å²) in [4.78, 5) is 12.8. The second kappa shape index (κ2) is 12.1. The SMILES string of the molecule is Nc1ccc(C(Cc2ccsc2[N+](=O)[O-])S(=O)(=O)Oc2ccc(N(CCCl)CCCl)cc2)c(Cl)c1. The maximum Gasteiger partial charge on any atom is 0.327 e. The number of hydrogen-bond donors (Lipinski definition) is 1. The van der Waals surface area contributed by atoms with Gasteiger partial charge in [-0.2, -0.15) is 8.42 Å². The van der Waals surface area contributed by atoms with Gasteiger partial charge < -0.3 is 14.8 Å². The molecule has 188 valence electrons. The highest BCUT2D eigenvalue weighted by Gasteiger charge is 2.34. The monoisotopic (exact) mass is 577 g/mol. The first kappa shape index (κ1) is 27.3. The molecule has 13 heteroatoms. The minimum atomic E-state index is -4.33. The van der Waals surface area contributed by atoms with Gasteiger partial charge in [-0.3, -0.25) is 10.1 Å². The Hall–Kier alpha value is -2.24. The molecule has 1 atom stereocenters. The van der Waals surface area contributed by atoms with Crippen LogP contribution in [0.2, 0.25) is 5.02 Å². The van der Waals surface area contributed by atoms with Gasteiger partial charge in [0.15, 0.2) is 0 Å². The van der Waals surface area contributed by atoms with E-state index in [0.29, 0.717) is 30.5 Å². The van der Waals surface area contributed by atoms with E-state index >= 15 is 0 Å². The van der Waals surface area contributed by atoms with Crippen molar-refractivity contribution in [3.63, 3.8) is 0 Å². The molecule has 0 aliphatic heterocycles. The molecule has 1 unspecified atom stereocenters. The summed E-state index contributed by atoms with van der Waals surface area (Å²) in [5.74, 6) is 0.895. The molecule has 35 heavy (non-hydrogen) atoms. The van der Waals surface area contributed by atoms with Crippen molar-refractivity contribution in [1.82, 2.24) is 0 Å². The van der Waals surface area contributed by atoms with Crippen molar-refractivity contribution in [3.05, 3.63) is 80.2 Å². The molecule has 0 spiro atoms. The Labute approximate surface area is 222 Å². The number of nitrogen functional groups attached to an aromatic ring is 1. The number of hydrogen-bond acceptors (Lipinski definition) is 8. The molecule has 0 aliphatic carbocycles. The van der Waals surface area contributed by atoms with E-state index in [2.05, 4.69) is 0 Å². The topological polar surface area (TPSA) is 116 Å². The Kier molecular flexibility index (Phi) is 9.48. The highest BCUT2D eigenvalue weighted by molar-refractivity contribution is 7.87. The molecular formula is C22H22Cl3N3O5S2. The van der Waals surface area contributed by atoms with E-state index in [-0.39, 0.29) is 33.3 Å². The summed E-state index contributed by atoms with van der Waals surface area (Å²) in [6.45, 7) is 1.15. The second-order valence-electron chi connectivity index (χ2n) is 7.42. The fourth-order valence-corrected chi connectivity index (χ4v) is 6.43. The Morgan fingerprint density at radius 3 is 2.31 bits per heavy atom. The number of alkyl halides is 2. The Bertz CT molecular complexity index is 1260. The fraction of sp³-hybridized carbons (Fsp3) is 0.273. The van der Waals surface area contributed by atoms with Crippen LogP contribution in [0.5, 0.6) is 5.75 Å². The Morgan fingerprint density at radius 1 is 1.09 bits per heavy atom. The molecular weight excluding hydrogens is 557 g/mol. The highest BCUT2D eigenvalue weighted by atomic mass is 35.5. The van der Waals surface area contributed by atoms with E-state index in [4.69, 9.17) is 44.7 Å². The van der Waals surface area contributed by atoms with Crippen LogP contribution < -0.4 is 14.8 Å². The quantitative estimate of drug-likeness (QED) is 0.0939. The smallest absolute Gasteiger partial charge is 0.327 e. The normalized spacial score (nSPS) is 12.3. The minimum Gasteiger partial charge on any atom is -0.399 e. The number of anilines is 2. The van der Waals surface area contributed by atoms with Crippen molar-refractivity contribution in [3.8, 4) is 5.75 Å². The summed E-state index contributed by atoms with van der Waals surface area (Å²) in [6.07, 6.45) is -0.205. The lowest BCUT2D eigenvalue weighted by Crippen LogP contribution is -2.27. The van der Waals surface area contributed by atoms with Crippen LogP contribution >= 0.6 is 46.1 Å². The number of thiophene rings is 1. The summed E-state index contributed by atoms with van der Waals surface area (Å²) in [5.41, 5.74) is 7.42. The van der Waals surface area contributed by atoms with Crippen molar-refractivity contribution >= 4 is 72.6 Å². The van der Waals surface area contributed by atoms with Crippen LogP contribution in [0.25, 0.3) is 0 Å². The second-order valence-corrected chi connectivity index (χ2v) is 11.2. The zero-order valence-electron chi connectivity index (χ0n) is 18.3. The van der Waals surface area contributed by atoms with Gasteiger partial charge >= 0.3 is 15.1 Å². The van der Waals surface area contributed by atoms with Crippen molar-refractivity contribution in [1.29, 1.82) is 0 Å². The van der Waals surface area contributed by atoms with Crippen molar-refractivity contribution in [2.75, 3.05) is 35.5 Å². The Morgan fingerprint density at radius 2 is 1.74 bits per heavy atom. The zero-order valence-corrected chi connectivity index (χ0v) is 22.2. The third kappa shape index (κ3) is 6.92. The summed E-state index contributed by atoms with van der Waals surface area (Å²) in [5, 5.41) is 11.6. The largest absolute Gasteiger partial charge is 0.399 e. The van der Waals surface area contributed by atoms with Gasteiger partial charge in [-0.1, -0.05) is 29.0 Å². The zero-order chi connectivity index (χ0) is 25.6. The summed E-state index contributed by atoms with van der Waals surface area (Å²) in [7, 11) is -4.33. The van der Waals surface area contributed by atoms with E-state index in [0.717, 1.165) is 17.0 Å². The van der Waals surface area contributed by atoms with Crippen LogP contribution in [0.3, 0.4) is 0 Å². The van der Waals surface area contributed by atoms with Crippen LogP contribution in [-0.2, 0) is 16.5 Å². The molecule has 1 heterocycles. The number of rotatable bonds is 12. The third-order valence-electron chi connectivity index (χ3n) is 5.14. The van der Waals surface area contributed by atoms with Crippen molar-refractivity contribution in [2.24, 2.45) is 0 Å². The van der Waals surface area contributed by atoms with Gasteiger partial charge in [0.2, 0.25) is 0 Å². The molecule has 0 aliphatic rings. The number of nitrogens with two attached hydrogens (primary N) is 1. The van der Waals surface area contributed by atoms with Crippen LogP contribution in [0.15, 0.2) is 53.9 Å². The molecule has 0 amide bonds. The van der Waals surface area contributed by atoms with Crippen LogP contribution in [0.1, 0.15) is 16.4 Å². The molecule has 0 saturated carbocycles. The van der Waals surface area contributed by atoms with E-state index < -0.39 is 20.3 Å². The van der Waals surface area contributed by atoms with Gasteiger partial charge in [-0.05, 0) is 53.4 Å². The van der Waals surface area contributed by atoms with Gasteiger partial charge in [0.25, 0.3) is 0 Å². The first-order chi connectivity index (χ1) is 16.7. The van der Waals surface area contributed by atoms with E-state index in [9.17, 15) is 18.5 Å². The first-order valence-electron chi connectivity index (χ1n) is 10.3. The average molecular weight is 579 g/mol. The summed E-state index contributed by atoms with van der Waals surface area (Å²) < 4.78 is 32.3. The third-order valence-corrected chi connectivity index (χ3v) is 8.25. The lowest BCUT2D eigenvalue weighted by atomic mass is 10.0. The highest BCUT2D eigenvalue weighted by Crippen LogP contribution is 2.38. The van der Waals surface area contributed by atoms with Gasteiger partial charge in [-0.15, -0.1) is 23.2 Å². The first-order valence-corrected chi connectivity index (χ1v) is 14.1. The van der Waals surface area contributed by atoms with Gasteiger partial charge in [0.1, 0.15) is 11.0 Å². The van der Waals surface area contributed by atoms with E-state index in [1.807, 2.05) is 4.90 Å². The van der Waals surface area contributed by atoms with Gasteiger partial charge in [-0.25, -0.2) is 0 Å².